The van der Waals surface area contributed by atoms with Gasteiger partial charge in [0.05, 0.1) is 24.1 Å². The van der Waals surface area contributed by atoms with E-state index in [-0.39, 0.29) is 5.91 Å². The highest BCUT2D eigenvalue weighted by atomic mass is 16.2. The number of nitrogens with zero attached hydrogens (tertiary/aromatic N) is 3. The van der Waals surface area contributed by atoms with Crippen LogP contribution in [-0.4, -0.2) is 32.3 Å². The molecular weight excluding hydrogens is 216 g/mol. The topological polar surface area (TPSA) is 61.9 Å². The van der Waals surface area contributed by atoms with Gasteiger partial charge >= 0.3 is 0 Å². The van der Waals surface area contributed by atoms with Crippen molar-refractivity contribution in [2.45, 2.75) is 13.0 Å². The number of imidazole rings is 1. The zero-order chi connectivity index (χ0) is 11.7. The van der Waals surface area contributed by atoms with Crippen LogP contribution < -0.4 is 0 Å². The lowest BCUT2D eigenvalue weighted by Crippen LogP contribution is -2.26. The predicted molar refractivity (Wildman–Crippen MR) is 61.3 cm³/mol. The molecule has 3 rings (SSSR count). The summed E-state index contributed by atoms with van der Waals surface area (Å²) in [6, 6.07) is 3.63. The third-order valence-electron chi connectivity index (χ3n) is 2.95. The van der Waals surface area contributed by atoms with Gasteiger partial charge in [-0.25, -0.2) is 4.98 Å². The fourth-order valence-corrected chi connectivity index (χ4v) is 2.04. The first-order valence-electron chi connectivity index (χ1n) is 5.55. The van der Waals surface area contributed by atoms with E-state index in [2.05, 4.69) is 15.0 Å². The molecule has 0 bridgehead atoms. The van der Waals surface area contributed by atoms with Crippen LogP contribution in [-0.2, 0) is 13.0 Å². The van der Waals surface area contributed by atoms with Gasteiger partial charge in [-0.3, -0.25) is 9.78 Å². The Hall–Kier alpha value is -2.17. The second-order valence-corrected chi connectivity index (χ2v) is 4.05. The average Bonchev–Trinajstić information content (AvgIpc) is 2.96. The molecule has 3 heterocycles. The van der Waals surface area contributed by atoms with Crippen LogP contribution in [0.4, 0.5) is 0 Å². The maximum Gasteiger partial charge on any atom is 0.256 e. The molecule has 5 nitrogen and oxygen atoms in total. The van der Waals surface area contributed by atoms with Crippen molar-refractivity contribution in [3.8, 4) is 0 Å². The Morgan fingerprint density at radius 2 is 2.41 bits per heavy atom. The molecule has 2 aromatic rings. The number of H-pyrrole nitrogens is 1. The monoisotopic (exact) mass is 228 g/mol. The SMILES string of the molecule is O=C1c2cccnc2CN1CCc1cnc[nH]1. The normalized spacial score (nSPS) is 14.1. The summed E-state index contributed by atoms with van der Waals surface area (Å²) in [7, 11) is 0. The van der Waals surface area contributed by atoms with Crippen LogP contribution in [0.2, 0.25) is 0 Å². The van der Waals surface area contributed by atoms with Crippen molar-refractivity contribution < 1.29 is 4.79 Å². The van der Waals surface area contributed by atoms with Crippen molar-refractivity contribution in [1.29, 1.82) is 0 Å². The largest absolute Gasteiger partial charge is 0.348 e. The van der Waals surface area contributed by atoms with Crippen molar-refractivity contribution in [2.24, 2.45) is 0 Å². The summed E-state index contributed by atoms with van der Waals surface area (Å²) in [6.07, 6.45) is 5.95. The van der Waals surface area contributed by atoms with E-state index in [4.69, 9.17) is 0 Å². The van der Waals surface area contributed by atoms with Crippen LogP contribution in [0.1, 0.15) is 21.7 Å². The fraction of sp³-hybridized carbons (Fsp3) is 0.250. The maximum atomic E-state index is 12.0. The van der Waals surface area contributed by atoms with E-state index in [1.165, 1.54) is 0 Å². The molecule has 0 saturated carbocycles. The van der Waals surface area contributed by atoms with E-state index in [1.54, 1.807) is 24.8 Å². The highest BCUT2D eigenvalue weighted by molar-refractivity contribution is 5.97. The number of nitrogens with one attached hydrogen (secondary N) is 1. The van der Waals surface area contributed by atoms with Gasteiger partial charge in [0.2, 0.25) is 0 Å². The minimum absolute atomic E-state index is 0.0765. The van der Waals surface area contributed by atoms with Gasteiger partial charge in [0.1, 0.15) is 0 Å². The van der Waals surface area contributed by atoms with Gasteiger partial charge < -0.3 is 9.88 Å². The molecule has 17 heavy (non-hydrogen) atoms. The Kier molecular flexibility index (Phi) is 2.36. The second kappa shape index (κ2) is 4.01. The van der Waals surface area contributed by atoms with Gasteiger partial charge in [0.15, 0.2) is 0 Å². The zero-order valence-corrected chi connectivity index (χ0v) is 9.26. The Bertz CT molecular complexity index is 535. The third kappa shape index (κ3) is 1.80. The van der Waals surface area contributed by atoms with Crippen LogP contribution in [0.15, 0.2) is 30.9 Å². The Morgan fingerprint density at radius 3 is 3.18 bits per heavy atom. The van der Waals surface area contributed by atoms with E-state index in [9.17, 15) is 4.79 Å². The van der Waals surface area contributed by atoms with Crippen LogP contribution in [0.3, 0.4) is 0 Å². The molecule has 0 radical (unpaired) electrons. The number of aromatic amines is 1. The Balaban J connectivity index is 1.70. The smallest absolute Gasteiger partial charge is 0.256 e. The van der Waals surface area contributed by atoms with E-state index in [1.807, 2.05) is 11.0 Å². The molecule has 86 valence electrons. The molecule has 0 saturated heterocycles. The first kappa shape index (κ1) is 10.0. The Morgan fingerprint density at radius 1 is 1.47 bits per heavy atom. The van der Waals surface area contributed by atoms with E-state index in [0.29, 0.717) is 13.1 Å². The van der Waals surface area contributed by atoms with Crippen molar-refractivity contribution >= 4 is 5.91 Å². The van der Waals surface area contributed by atoms with Gasteiger partial charge in [-0.15, -0.1) is 0 Å². The molecular formula is C12H12N4O. The molecule has 1 N–H and O–H groups in total. The minimum Gasteiger partial charge on any atom is -0.348 e. The fourth-order valence-electron chi connectivity index (χ4n) is 2.04. The van der Waals surface area contributed by atoms with Gasteiger partial charge in [-0.2, -0.15) is 0 Å². The number of pyridine rings is 1. The predicted octanol–water partition coefficient (Wildman–Crippen LogP) is 1.00. The third-order valence-corrected chi connectivity index (χ3v) is 2.95. The molecule has 1 amide bonds. The number of fused-ring (bicyclic) bond motifs is 1. The quantitative estimate of drug-likeness (QED) is 0.852. The van der Waals surface area contributed by atoms with Gasteiger partial charge in [0.25, 0.3) is 5.91 Å². The lowest BCUT2D eigenvalue weighted by Gasteiger charge is -2.14. The molecule has 0 spiro atoms. The van der Waals surface area contributed by atoms with Crippen LogP contribution in [0, 0.1) is 0 Å². The lowest BCUT2D eigenvalue weighted by molar-refractivity contribution is 0.0779. The standard InChI is InChI=1S/C12H12N4O/c17-12-10-2-1-4-14-11(10)7-16(12)5-3-9-6-13-8-15-9/h1-2,4,6,8H,3,5,7H2,(H,13,15). The molecule has 0 fully saturated rings. The Labute approximate surface area is 98.5 Å². The number of aromatic nitrogens is 3. The van der Waals surface area contributed by atoms with E-state index >= 15 is 0 Å². The molecule has 0 atom stereocenters. The summed E-state index contributed by atoms with van der Waals surface area (Å²) in [5, 5.41) is 0. The summed E-state index contributed by atoms with van der Waals surface area (Å²) in [6.45, 7) is 1.31. The van der Waals surface area contributed by atoms with E-state index < -0.39 is 0 Å². The second-order valence-electron chi connectivity index (χ2n) is 4.05. The maximum absolute atomic E-state index is 12.0. The van der Waals surface area contributed by atoms with Gasteiger partial charge in [0, 0.05) is 31.1 Å². The number of carbonyl (C=O) groups excluding carboxylic acids is 1. The van der Waals surface area contributed by atoms with E-state index in [0.717, 1.165) is 23.4 Å². The summed E-state index contributed by atoms with van der Waals surface area (Å²) in [5.74, 6) is 0.0765. The van der Waals surface area contributed by atoms with Crippen molar-refractivity contribution in [1.82, 2.24) is 19.9 Å². The first-order valence-corrected chi connectivity index (χ1v) is 5.55. The molecule has 5 heteroatoms. The molecule has 0 unspecified atom stereocenters. The average molecular weight is 228 g/mol. The van der Waals surface area contributed by atoms with Gasteiger partial charge in [-0.1, -0.05) is 0 Å². The van der Waals surface area contributed by atoms with Crippen molar-refractivity contribution in [3.63, 3.8) is 0 Å². The summed E-state index contributed by atoms with van der Waals surface area (Å²) >= 11 is 0. The van der Waals surface area contributed by atoms with Crippen LogP contribution in [0.5, 0.6) is 0 Å². The van der Waals surface area contributed by atoms with Crippen molar-refractivity contribution in [2.75, 3.05) is 6.54 Å². The van der Waals surface area contributed by atoms with Crippen molar-refractivity contribution in [3.05, 3.63) is 47.8 Å². The molecule has 0 aliphatic carbocycles. The summed E-state index contributed by atoms with van der Waals surface area (Å²) in [4.78, 5) is 25.0. The number of hydrogen-bond acceptors (Lipinski definition) is 3. The molecule has 2 aromatic heterocycles. The number of amides is 1. The minimum atomic E-state index is 0.0765. The van der Waals surface area contributed by atoms with Gasteiger partial charge in [-0.05, 0) is 12.1 Å². The highest BCUT2D eigenvalue weighted by Gasteiger charge is 2.27. The molecule has 1 aliphatic heterocycles. The summed E-state index contributed by atoms with van der Waals surface area (Å²) < 4.78 is 0. The van der Waals surface area contributed by atoms with Crippen LogP contribution in [0.25, 0.3) is 0 Å². The lowest BCUT2D eigenvalue weighted by atomic mass is 10.2. The molecule has 0 aromatic carbocycles. The molecule has 1 aliphatic rings. The first-order chi connectivity index (χ1) is 8.34. The number of rotatable bonds is 3. The van der Waals surface area contributed by atoms with Crippen LogP contribution >= 0.6 is 0 Å². The number of hydrogen-bond donors (Lipinski definition) is 1. The number of carbonyl (C=O) groups is 1. The highest BCUT2D eigenvalue weighted by Crippen LogP contribution is 2.20. The zero-order valence-electron chi connectivity index (χ0n) is 9.26. The summed E-state index contributed by atoms with van der Waals surface area (Å²) in [5.41, 5.74) is 2.65.